The van der Waals surface area contributed by atoms with Crippen molar-refractivity contribution in [2.45, 2.75) is 46.1 Å². The van der Waals surface area contributed by atoms with Gasteiger partial charge in [0.15, 0.2) is 11.5 Å². The number of amides is 1. The number of nitrogens with zero attached hydrogens (tertiary/aromatic N) is 1. The lowest BCUT2D eigenvalue weighted by Crippen LogP contribution is -2.42. The van der Waals surface area contributed by atoms with Gasteiger partial charge < -0.3 is 19.5 Å². The van der Waals surface area contributed by atoms with Crippen LogP contribution in [0.2, 0.25) is 0 Å². The van der Waals surface area contributed by atoms with E-state index in [1.165, 1.54) is 18.0 Å². The average molecular weight is 377 g/mol. The Morgan fingerprint density at radius 2 is 1.96 bits per heavy atom. The zero-order valence-electron chi connectivity index (χ0n) is 16.9. The summed E-state index contributed by atoms with van der Waals surface area (Å²) < 4.78 is 11.0. The largest absolute Gasteiger partial charge is 0.493 e. The van der Waals surface area contributed by atoms with Gasteiger partial charge in [0.1, 0.15) is 6.04 Å². The monoisotopic (exact) mass is 377 g/mol. The minimum absolute atomic E-state index is 0.176. The molecular weight excluding hydrogens is 346 g/mol. The minimum atomic E-state index is -0.997. The van der Waals surface area contributed by atoms with Crippen molar-refractivity contribution in [3.05, 3.63) is 29.8 Å². The van der Waals surface area contributed by atoms with Crippen molar-refractivity contribution in [3.63, 3.8) is 0 Å². The number of hydrogen-bond donors (Lipinski definition) is 1. The highest BCUT2D eigenvalue weighted by Gasteiger charge is 2.26. The molecule has 0 heterocycles. The van der Waals surface area contributed by atoms with Crippen LogP contribution in [0.3, 0.4) is 0 Å². The fraction of sp³-hybridized carbons (Fsp3) is 0.524. The molecule has 27 heavy (non-hydrogen) atoms. The molecule has 0 saturated carbocycles. The Hall–Kier alpha value is -2.50. The molecule has 0 spiro atoms. The van der Waals surface area contributed by atoms with E-state index in [0.29, 0.717) is 24.5 Å². The second-order valence-electron chi connectivity index (χ2n) is 6.88. The molecule has 6 heteroatoms. The number of hydrogen-bond acceptors (Lipinski definition) is 4. The van der Waals surface area contributed by atoms with Crippen LogP contribution in [0.15, 0.2) is 24.3 Å². The number of aliphatic carboxylic acids is 1. The fourth-order valence-corrected chi connectivity index (χ4v) is 2.54. The normalized spacial score (nSPS) is 12.2. The van der Waals surface area contributed by atoms with Gasteiger partial charge in [0.05, 0.1) is 13.7 Å². The minimum Gasteiger partial charge on any atom is -0.493 e. The molecule has 6 nitrogen and oxygen atoms in total. The van der Waals surface area contributed by atoms with Gasteiger partial charge in [-0.25, -0.2) is 4.79 Å². The quantitative estimate of drug-likeness (QED) is 0.468. The molecule has 0 aliphatic carbocycles. The summed E-state index contributed by atoms with van der Waals surface area (Å²) in [6, 6.07) is 4.58. The van der Waals surface area contributed by atoms with Crippen LogP contribution in [0.5, 0.6) is 11.5 Å². The molecule has 0 fully saturated rings. The van der Waals surface area contributed by atoms with E-state index in [9.17, 15) is 14.7 Å². The Balaban J connectivity index is 2.85. The van der Waals surface area contributed by atoms with E-state index >= 15 is 0 Å². The Kier molecular flexibility index (Phi) is 9.40. The predicted octanol–water partition coefficient (Wildman–Crippen LogP) is 3.85. The topological polar surface area (TPSA) is 76.1 Å². The molecule has 1 atom stereocenters. The molecule has 150 valence electrons. The molecule has 0 aliphatic rings. The van der Waals surface area contributed by atoms with E-state index in [-0.39, 0.29) is 11.8 Å². The van der Waals surface area contributed by atoms with Gasteiger partial charge in [-0.2, -0.15) is 0 Å². The fourth-order valence-electron chi connectivity index (χ4n) is 2.54. The SMILES string of the molecule is CCCCOc1ccc(/C=C/C(=O)N(C)[C@@H](CC(C)C)C(=O)O)cc1OC. The Labute approximate surface area is 161 Å². The van der Waals surface area contributed by atoms with E-state index in [1.54, 1.807) is 25.3 Å². The van der Waals surface area contributed by atoms with Crippen molar-refractivity contribution in [2.24, 2.45) is 5.92 Å². The summed E-state index contributed by atoms with van der Waals surface area (Å²) >= 11 is 0. The lowest BCUT2D eigenvalue weighted by atomic mass is 10.0. The third-order valence-corrected chi connectivity index (χ3v) is 4.16. The highest BCUT2D eigenvalue weighted by Crippen LogP contribution is 2.28. The van der Waals surface area contributed by atoms with Crippen LogP contribution in [0, 0.1) is 5.92 Å². The summed E-state index contributed by atoms with van der Waals surface area (Å²) in [6.45, 7) is 6.58. The molecule has 1 amide bonds. The Morgan fingerprint density at radius 1 is 1.26 bits per heavy atom. The summed E-state index contributed by atoms with van der Waals surface area (Å²) in [5.41, 5.74) is 0.771. The number of ether oxygens (including phenoxy) is 2. The summed E-state index contributed by atoms with van der Waals surface area (Å²) in [7, 11) is 3.08. The number of rotatable bonds is 11. The maximum Gasteiger partial charge on any atom is 0.326 e. The van der Waals surface area contributed by atoms with Crippen LogP contribution in [0.25, 0.3) is 6.08 Å². The van der Waals surface area contributed by atoms with Gasteiger partial charge >= 0.3 is 5.97 Å². The number of likely N-dealkylation sites (N-methyl/N-ethyl adjacent to an activating group) is 1. The second kappa shape index (κ2) is 11.3. The molecule has 0 radical (unpaired) electrons. The van der Waals surface area contributed by atoms with Crippen molar-refractivity contribution in [1.82, 2.24) is 4.90 Å². The molecule has 0 aliphatic heterocycles. The van der Waals surface area contributed by atoms with Crippen molar-refractivity contribution >= 4 is 18.0 Å². The number of unbranched alkanes of at least 4 members (excludes halogenated alkanes) is 1. The average Bonchev–Trinajstić information content (AvgIpc) is 2.64. The van der Waals surface area contributed by atoms with Crippen LogP contribution in [-0.2, 0) is 9.59 Å². The van der Waals surface area contributed by atoms with Crippen LogP contribution >= 0.6 is 0 Å². The first-order valence-corrected chi connectivity index (χ1v) is 9.28. The third kappa shape index (κ3) is 7.33. The van der Waals surface area contributed by atoms with Crippen molar-refractivity contribution in [2.75, 3.05) is 20.8 Å². The van der Waals surface area contributed by atoms with Gasteiger partial charge in [0.25, 0.3) is 0 Å². The van der Waals surface area contributed by atoms with Crippen LogP contribution in [0.4, 0.5) is 0 Å². The van der Waals surface area contributed by atoms with E-state index in [1.807, 2.05) is 19.9 Å². The molecule has 0 aromatic heterocycles. The van der Waals surface area contributed by atoms with E-state index < -0.39 is 12.0 Å². The smallest absolute Gasteiger partial charge is 0.326 e. The first-order valence-electron chi connectivity index (χ1n) is 9.28. The molecule has 1 rings (SSSR count). The van der Waals surface area contributed by atoms with Gasteiger partial charge in [0.2, 0.25) is 5.91 Å². The molecule has 1 aromatic rings. The summed E-state index contributed by atoms with van der Waals surface area (Å²) in [5.74, 6) is 0.0787. The number of carboxylic acid groups (broad SMARTS) is 1. The highest BCUT2D eigenvalue weighted by molar-refractivity contribution is 5.94. The number of carbonyl (C=O) groups excluding carboxylic acids is 1. The Morgan fingerprint density at radius 3 is 2.52 bits per heavy atom. The lowest BCUT2D eigenvalue weighted by Gasteiger charge is -2.25. The third-order valence-electron chi connectivity index (χ3n) is 4.16. The van der Waals surface area contributed by atoms with Gasteiger partial charge in [-0.05, 0) is 42.5 Å². The molecule has 1 N–H and O–H groups in total. The lowest BCUT2D eigenvalue weighted by molar-refractivity contribution is -0.148. The standard InChI is InChI=1S/C21H31NO5/c1-6-7-12-27-18-10-8-16(14-19(18)26-5)9-11-20(23)22(4)17(21(24)25)13-15(2)3/h8-11,14-15,17H,6-7,12-13H2,1-5H3,(H,24,25)/b11-9+/t17-/m0/s1. The van der Waals surface area contributed by atoms with Gasteiger partial charge in [0, 0.05) is 13.1 Å². The molecule has 1 aromatic carbocycles. The van der Waals surface area contributed by atoms with Crippen LogP contribution in [-0.4, -0.2) is 48.7 Å². The highest BCUT2D eigenvalue weighted by atomic mass is 16.5. The first kappa shape index (κ1) is 22.5. The van der Waals surface area contributed by atoms with Gasteiger partial charge in [-0.15, -0.1) is 0 Å². The summed E-state index contributed by atoms with van der Waals surface area (Å²) in [6.07, 6.45) is 5.44. The predicted molar refractivity (Wildman–Crippen MR) is 106 cm³/mol. The molecular formula is C21H31NO5. The maximum atomic E-state index is 12.4. The van der Waals surface area contributed by atoms with Crippen molar-refractivity contribution in [3.8, 4) is 11.5 Å². The molecule has 0 bridgehead atoms. The van der Waals surface area contributed by atoms with E-state index in [0.717, 1.165) is 18.4 Å². The maximum absolute atomic E-state index is 12.4. The van der Waals surface area contributed by atoms with Gasteiger partial charge in [-0.1, -0.05) is 33.3 Å². The first-order chi connectivity index (χ1) is 12.8. The molecule has 0 unspecified atom stereocenters. The van der Waals surface area contributed by atoms with E-state index in [2.05, 4.69) is 6.92 Å². The zero-order valence-corrected chi connectivity index (χ0v) is 16.9. The van der Waals surface area contributed by atoms with E-state index in [4.69, 9.17) is 9.47 Å². The van der Waals surface area contributed by atoms with Crippen LogP contribution < -0.4 is 9.47 Å². The number of methoxy groups -OCH3 is 1. The van der Waals surface area contributed by atoms with Gasteiger partial charge in [-0.3, -0.25) is 4.79 Å². The Bertz CT molecular complexity index is 654. The zero-order chi connectivity index (χ0) is 20.4. The summed E-state index contributed by atoms with van der Waals surface area (Å²) in [4.78, 5) is 25.1. The van der Waals surface area contributed by atoms with Crippen LogP contribution in [0.1, 0.15) is 45.6 Å². The second-order valence-corrected chi connectivity index (χ2v) is 6.88. The summed E-state index contributed by atoms with van der Waals surface area (Å²) in [5, 5.41) is 9.37. The number of carbonyl (C=O) groups is 2. The number of benzene rings is 1. The molecule has 0 saturated heterocycles. The van der Waals surface area contributed by atoms with Crippen molar-refractivity contribution < 1.29 is 24.2 Å². The number of carboxylic acids is 1. The van der Waals surface area contributed by atoms with Crippen molar-refractivity contribution in [1.29, 1.82) is 0 Å².